The summed E-state index contributed by atoms with van der Waals surface area (Å²) in [6, 6.07) is 2.71. The Hall–Kier alpha value is -1.67. The molecule has 0 bridgehead atoms. The third-order valence-electron chi connectivity index (χ3n) is 2.50. The van der Waals surface area contributed by atoms with Crippen LogP contribution in [-0.2, 0) is 6.18 Å². The van der Waals surface area contributed by atoms with Crippen LogP contribution in [0.3, 0.4) is 0 Å². The van der Waals surface area contributed by atoms with Gasteiger partial charge in [0.25, 0.3) is 5.91 Å². The monoisotopic (exact) mass is 317 g/mol. The third kappa shape index (κ3) is 3.70. The summed E-state index contributed by atoms with van der Waals surface area (Å²) in [6.45, 7) is 5.33. The van der Waals surface area contributed by atoms with E-state index in [0.29, 0.717) is 4.70 Å². The van der Waals surface area contributed by atoms with Gasteiger partial charge in [-0.1, -0.05) is 0 Å². The number of nitrogens with one attached hydrogen (secondary N) is 2. The molecule has 2 aromatic rings. The quantitative estimate of drug-likeness (QED) is 0.835. The number of thiophene rings is 1. The predicted molar refractivity (Wildman–Crippen MR) is 75.0 cm³/mol. The molecule has 0 spiro atoms. The highest BCUT2D eigenvalue weighted by molar-refractivity contribution is 7.17. The van der Waals surface area contributed by atoms with Crippen LogP contribution in [0.5, 0.6) is 0 Å². The molecule has 1 amide bonds. The number of hydrogen-bond acceptors (Lipinski definition) is 4. The van der Waals surface area contributed by atoms with Gasteiger partial charge in [0.1, 0.15) is 0 Å². The Kier molecular flexibility index (Phi) is 3.94. The van der Waals surface area contributed by atoms with Crippen molar-refractivity contribution in [2.75, 3.05) is 0 Å². The van der Waals surface area contributed by atoms with Crippen molar-refractivity contribution < 1.29 is 18.0 Å². The van der Waals surface area contributed by atoms with E-state index in [4.69, 9.17) is 0 Å². The SMILES string of the molecule is CC(C)(C)NNC(=O)c1cc2sccc2nc1C(F)(F)F. The number of aromatic nitrogens is 1. The van der Waals surface area contributed by atoms with Crippen LogP contribution in [0.2, 0.25) is 0 Å². The number of nitrogens with zero attached hydrogens (tertiary/aromatic N) is 1. The van der Waals surface area contributed by atoms with Crippen LogP contribution in [-0.4, -0.2) is 16.4 Å². The van der Waals surface area contributed by atoms with Gasteiger partial charge in [-0.15, -0.1) is 11.3 Å². The first-order chi connectivity index (χ1) is 9.58. The van der Waals surface area contributed by atoms with Crippen LogP contribution in [0, 0.1) is 0 Å². The van der Waals surface area contributed by atoms with E-state index in [-0.39, 0.29) is 5.52 Å². The highest BCUT2D eigenvalue weighted by atomic mass is 32.1. The van der Waals surface area contributed by atoms with Gasteiger partial charge in [0, 0.05) is 5.54 Å². The van der Waals surface area contributed by atoms with Gasteiger partial charge in [0.05, 0.1) is 15.8 Å². The predicted octanol–water partition coefficient (Wildman–Crippen LogP) is 3.35. The summed E-state index contributed by atoms with van der Waals surface area (Å²) in [5.41, 5.74) is 3.03. The van der Waals surface area contributed by atoms with Crippen LogP contribution < -0.4 is 10.9 Å². The molecule has 0 unspecified atom stereocenters. The Morgan fingerprint density at radius 2 is 1.95 bits per heavy atom. The average molecular weight is 317 g/mol. The number of amides is 1. The summed E-state index contributed by atoms with van der Waals surface area (Å²) in [4.78, 5) is 15.6. The molecule has 0 fully saturated rings. The topological polar surface area (TPSA) is 54.0 Å². The molecule has 0 radical (unpaired) electrons. The Labute approximate surface area is 123 Å². The number of rotatable bonds is 2. The van der Waals surface area contributed by atoms with Gasteiger partial charge in [0.2, 0.25) is 0 Å². The number of pyridine rings is 1. The van der Waals surface area contributed by atoms with E-state index in [1.165, 1.54) is 23.5 Å². The fourth-order valence-electron chi connectivity index (χ4n) is 1.60. The normalized spacial score (nSPS) is 12.7. The molecule has 0 aliphatic carbocycles. The molecule has 2 heterocycles. The molecule has 2 aromatic heterocycles. The molecular formula is C13H14F3N3OS. The van der Waals surface area contributed by atoms with Crippen LogP contribution in [0.1, 0.15) is 36.8 Å². The summed E-state index contributed by atoms with van der Waals surface area (Å²) in [5, 5.41) is 1.63. The summed E-state index contributed by atoms with van der Waals surface area (Å²) in [5.74, 6) is -0.861. The molecule has 0 atom stereocenters. The highest BCUT2D eigenvalue weighted by Gasteiger charge is 2.38. The lowest BCUT2D eigenvalue weighted by Crippen LogP contribution is -2.49. The Morgan fingerprint density at radius 3 is 2.52 bits per heavy atom. The van der Waals surface area contributed by atoms with Gasteiger partial charge in [-0.3, -0.25) is 10.2 Å². The Balaban J connectivity index is 2.43. The summed E-state index contributed by atoms with van der Waals surface area (Å²) in [7, 11) is 0. The lowest BCUT2D eigenvalue weighted by atomic mass is 10.1. The zero-order valence-corrected chi connectivity index (χ0v) is 12.4. The fourth-order valence-corrected chi connectivity index (χ4v) is 2.36. The van der Waals surface area contributed by atoms with Gasteiger partial charge in [-0.2, -0.15) is 13.2 Å². The smallest absolute Gasteiger partial charge is 0.287 e. The van der Waals surface area contributed by atoms with Crippen molar-refractivity contribution in [3.05, 3.63) is 28.8 Å². The molecular weight excluding hydrogens is 303 g/mol. The zero-order chi connectivity index (χ0) is 15.8. The number of carbonyl (C=O) groups is 1. The minimum atomic E-state index is -4.69. The van der Waals surface area contributed by atoms with E-state index in [9.17, 15) is 18.0 Å². The lowest BCUT2D eigenvalue weighted by molar-refractivity contribution is -0.141. The minimum Gasteiger partial charge on any atom is -0.287 e. The van der Waals surface area contributed by atoms with Crippen molar-refractivity contribution in [3.8, 4) is 0 Å². The first-order valence-electron chi connectivity index (χ1n) is 6.11. The first kappa shape index (κ1) is 15.7. The van der Waals surface area contributed by atoms with Crippen LogP contribution in [0.15, 0.2) is 17.5 Å². The number of carbonyl (C=O) groups excluding carboxylic acids is 1. The van der Waals surface area contributed by atoms with E-state index in [0.717, 1.165) is 0 Å². The molecule has 114 valence electrons. The largest absolute Gasteiger partial charge is 0.434 e. The zero-order valence-electron chi connectivity index (χ0n) is 11.6. The maximum Gasteiger partial charge on any atom is 0.434 e. The molecule has 4 nitrogen and oxygen atoms in total. The maximum atomic E-state index is 13.1. The Morgan fingerprint density at radius 1 is 1.29 bits per heavy atom. The molecule has 8 heteroatoms. The first-order valence-corrected chi connectivity index (χ1v) is 6.99. The fraction of sp³-hybridized carbons (Fsp3) is 0.385. The van der Waals surface area contributed by atoms with Crippen molar-refractivity contribution >= 4 is 27.5 Å². The second-order valence-electron chi connectivity index (χ2n) is 5.52. The van der Waals surface area contributed by atoms with Gasteiger partial charge in [-0.25, -0.2) is 10.4 Å². The molecule has 2 rings (SSSR count). The average Bonchev–Trinajstić information content (AvgIpc) is 2.79. The number of hydrogen-bond donors (Lipinski definition) is 2. The van der Waals surface area contributed by atoms with Crippen molar-refractivity contribution in [1.29, 1.82) is 0 Å². The van der Waals surface area contributed by atoms with Gasteiger partial charge >= 0.3 is 6.18 Å². The summed E-state index contributed by atoms with van der Waals surface area (Å²) in [6.07, 6.45) is -4.69. The number of alkyl halides is 3. The molecule has 0 aliphatic heterocycles. The van der Waals surface area contributed by atoms with Gasteiger partial charge < -0.3 is 0 Å². The van der Waals surface area contributed by atoms with Crippen molar-refractivity contribution in [2.24, 2.45) is 0 Å². The molecule has 0 aliphatic rings. The lowest BCUT2D eigenvalue weighted by Gasteiger charge is -2.21. The molecule has 0 saturated heterocycles. The van der Waals surface area contributed by atoms with E-state index in [1.807, 2.05) is 0 Å². The van der Waals surface area contributed by atoms with Gasteiger partial charge in [-0.05, 0) is 38.3 Å². The van der Waals surface area contributed by atoms with E-state index in [2.05, 4.69) is 15.8 Å². The van der Waals surface area contributed by atoms with E-state index < -0.39 is 28.9 Å². The minimum absolute atomic E-state index is 0.229. The molecule has 0 aromatic carbocycles. The standard InChI is InChI=1S/C13H14F3N3OS/c1-12(2,3)19-18-11(20)7-6-9-8(4-5-21-9)17-10(7)13(14,15)16/h4-6,19H,1-3H3,(H,18,20). The van der Waals surface area contributed by atoms with Crippen LogP contribution in [0.4, 0.5) is 13.2 Å². The Bertz CT molecular complexity index is 673. The highest BCUT2D eigenvalue weighted by Crippen LogP contribution is 2.33. The van der Waals surface area contributed by atoms with E-state index >= 15 is 0 Å². The van der Waals surface area contributed by atoms with Crippen molar-refractivity contribution in [1.82, 2.24) is 15.8 Å². The van der Waals surface area contributed by atoms with Crippen LogP contribution >= 0.6 is 11.3 Å². The third-order valence-corrected chi connectivity index (χ3v) is 3.35. The van der Waals surface area contributed by atoms with Crippen molar-refractivity contribution in [2.45, 2.75) is 32.5 Å². The molecule has 21 heavy (non-hydrogen) atoms. The van der Waals surface area contributed by atoms with Crippen LogP contribution in [0.25, 0.3) is 10.2 Å². The number of halogens is 3. The summed E-state index contributed by atoms with van der Waals surface area (Å²) >= 11 is 1.23. The van der Waals surface area contributed by atoms with E-state index in [1.54, 1.807) is 26.2 Å². The van der Waals surface area contributed by atoms with Crippen molar-refractivity contribution in [3.63, 3.8) is 0 Å². The summed E-state index contributed by atoms with van der Waals surface area (Å²) < 4.78 is 39.7. The maximum absolute atomic E-state index is 13.1. The second-order valence-corrected chi connectivity index (χ2v) is 6.46. The van der Waals surface area contributed by atoms with Gasteiger partial charge in [0.15, 0.2) is 5.69 Å². The number of hydrazine groups is 1. The number of fused-ring (bicyclic) bond motifs is 1. The molecule has 2 N–H and O–H groups in total. The second kappa shape index (κ2) is 5.27. The molecule has 0 saturated carbocycles.